The number of halogens is 2. The lowest BCUT2D eigenvalue weighted by Gasteiger charge is -2.36. The Labute approximate surface area is 250 Å². The Hall–Kier alpha value is -2.39. The molecule has 1 unspecified atom stereocenters. The minimum Gasteiger partial charge on any atom is -0.372 e. The lowest BCUT2D eigenvalue weighted by molar-refractivity contribution is 0.167. The van der Waals surface area contributed by atoms with E-state index in [1.54, 1.807) is 6.92 Å². The molecule has 0 radical (unpaired) electrons. The van der Waals surface area contributed by atoms with Crippen LogP contribution >= 0.6 is 11.6 Å². The average molecular weight is 606 g/mol. The maximum Gasteiger partial charge on any atom is 0.232 e. The van der Waals surface area contributed by atoms with Gasteiger partial charge in [-0.25, -0.2) is 17.8 Å². The van der Waals surface area contributed by atoms with E-state index in [0.29, 0.717) is 17.8 Å². The minimum absolute atomic E-state index is 0.0184. The number of anilines is 2. The van der Waals surface area contributed by atoms with Gasteiger partial charge in [-0.05, 0) is 86.1 Å². The molecule has 1 aromatic carbocycles. The van der Waals surface area contributed by atoms with Crippen LogP contribution in [0.15, 0.2) is 57.2 Å². The van der Waals surface area contributed by atoms with Gasteiger partial charge in [-0.2, -0.15) is 0 Å². The Balaban J connectivity index is 1.61. The molecule has 0 spiro atoms. The number of sulfonamides is 1. The molecular formula is C31H45ClFN5O2S. The molecule has 0 amide bonds. The second-order valence-corrected chi connectivity index (χ2v) is 14.7. The van der Waals surface area contributed by atoms with Crippen LogP contribution in [-0.2, 0) is 10.0 Å². The smallest absolute Gasteiger partial charge is 0.232 e. The van der Waals surface area contributed by atoms with E-state index in [1.165, 1.54) is 54.1 Å². The predicted octanol–water partition coefficient (Wildman–Crippen LogP) is 8.62. The van der Waals surface area contributed by atoms with Crippen molar-refractivity contribution in [1.82, 2.24) is 4.90 Å². The second-order valence-electron chi connectivity index (χ2n) is 12.5. The number of hydrogen-bond acceptors (Lipinski definition) is 6. The molecule has 3 aliphatic rings. The maximum absolute atomic E-state index is 15.0. The molecule has 7 nitrogen and oxygen atoms in total. The molecule has 1 aliphatic carbocycles. The number of hydrogen-bond donors (Lipinski definition) is 1. The first-order valence-electron chi connectivity index (χ1n) is 15.0. The molecule has 41 heavy (non-hydrogen) atoms. The molecule has 1 N–H and O–H groups in total. The van der Waals surface area contributed by atoms with E-state index in [2.05, 4.69) is 59.8 Å². The summed E-state index contributed by atoms with van der Waals surface area (Å²) in [4.78, 5) is 2.53. The molecular weight excluding hydrogens is 561 g/mol. The van der Waals surface area contributed by atoms with E-state index in [4.69, 9.17) is 11.6 Å². The predicted molar refractivity (Wildman–Crippen MR) is 167 cm³/mol. The fourth-order valence-electron chi connectivity index (χ4n) is 5.89. The Kier molecular flexibility index (Phi) is 10.2. The van der Waals surface area contributed by atoms with Gasteiger partial charge in [0.25, 0.3) is 0 Å². The van der Waals surface area contributed by atoms with Gasteiger partial charge >= 0.3 is 0 Å². The van der Waals surface area contributed by atoms with Gasteiger partial charge in [-0.3, -0.25) is 4.72 Å². The molecule has 2 aliphatic heterocycles. The molecule has 4 rings (SSSR count). The van der Waals surface area contributed by atoms with E-state index in [-0.39, 0.29) is 28.7 Å². The van der Waals surface area contributed by atoms with Crippen LogP contribution in [0.5, 0.6) is 0 Å². The van der Waals surface area contributed by atoms with Crippen LogP contribution in [0.2, 0.25) is 5.02 Å². The van der Waals surface area contributed by atoms with Crippen molar-refractivity contribution in [1.29, 1.82) is 0 Å². The van der Waals surface area contributed by atoms with Crippen molar-refractivity contribution in [2.45, 2.75) is 86.0 Å². The van der Waals surface area contributed by atoms with Gasteiger partial charge in [-0.1, -0.05) is 63.4 Å². The highest BCUT2D eigenvalue weighted by atomic mass is 35.5. The van der Waals surface area contributed by atoms with Crippen molar-refractivity contribution in [3.8, 4) is 0 Å². The number of nitrogens with zero attached hydrogens (tertiary/aromatic N) is 4. The Morgan fingerprint density at radius 1 is 1.10 bits per heavy atom. The van der Waals surface area contributed by atoms with Crippen molar-refractivity contribution in [2.24, 2.45) is 21.7 Å². The highest BCUT2D eigenvalue weighted by molar-refractivity contribution is 7.92. The summed E-state index contributed by atoms with van der Waals surface area (Å²) in [5.74, 6) is 0.0642. The number of nitrogens with one attached hydrogen (secondary N) is 1. The van der Waals surface area contributed by atoms with Crippen molar-refractivity contribution in [3.63, 3.8) is 0 Å². The molecule has 10 heteroatoms. The average Bonchev–Trinajstić information content (AvgIpc) is 3.25. The van der Waals surface area contributed by atoms with Crippen LogP contribution in [0.25, 0.3) is 0 Å². The third-order valence-electron chi connectivity index (χ3n) is 8.42. The summed E-state index contributed by atoms with van der Waals surface area (Å²) in [6.07, 6.45) is 12.7. The molecule has 0 bridgehead atoms. The monoisotopic (exact) mass is 605 g/mol. The van der Waals surface area contributed by atoms with E-state index in [1.807, 2.05) is 0 Å². The quantitative estimate of drug-likeness (QED) is 0.337. The van der Waals surface area contributed by atoms with Crippen LogP contribution < -0.4 is 9.73 Å². The van der Waals surface area contributed by atoms with Crippen LogP contribution in [-0.4, -0.2) is 38.7 Å². The molecule has 1 aromatic rings. The summed E-state index contributed by atoms with van der Waals surface area (Å²) in [6, 6.07) is 2.55. The SMILES string of the molecule is CCCS(=O)(=O)Nc1ccc(F)c(N2C/C(=C3\C=C(N4CCCCC(C(C)(C)C)CC4)C=C(CC)CC3)N=N2)c1Cl. The number of rotatable bonds is 7. The van der Waals surface area contributed by atoms with Crippen LogP contribution in [0.4, 0.5) is 15.8 Å². The molecule has 1 atom stereocenters. The van der Waals surface area contributed by atoms with Gasteiger partial charge in [0.05, 0.1) is 28.7 Å². The highest BCUT2D eigenvalue weighted by Crippen LogP contribution is 2.40. The van der Waals surface area contributed by atoms with Crippen molar-refractivity contribution < 1.29 is 12.8 Å². The summed E-state index contributed by atoms with van der Waals surface area (Å²) >= 11 is 6.54. The van der Waals surface area contributed by atoms with E-state index in [9.17, 15) is 8.42 Å². The number of benzene rings is 1. The van der Waals surface area contributed by atoms with Crippen LogP contribution in [0, 0.1) is 17.2 Å². The summed E-state index contributed by atoms with van der Waals surface area (Å²) in [5, 5.41) is 10.1. The third-order valence-corrected chi connectivity index (χ3v) is 10.3. The van der Waals surface area contributed by atoms with Gasteiger partial charge in [-0.15, -0.1) is 5.11 Å². The normalized spacial score (nSPS) is 22.7. The van der Waals surface area contributed by atoms with Crippen LogP contribution in [0.3, 0.4) is 0 Å². The van der Waals surface area contributed by atoms with E-state index in [0.717, 1.165) is 43.6 Å². The molecule has 226 valence electrons. The summed E-state index contributed by atoms with van der Waals surface area (Å²) in [7, 11) is -3.59. The lowest BCUT2D eigenvalue weighted by atomic mass is 9.75. The molecule has 0 aromatic heterocycles. The van der Waals surface area contributed by atoms with Crippen LogP contribution in [0.1, 0.15) is 86.0 Å². The standard InChI is InChI=1S/C31H45ClFN5O2S/c1-6-18-41(39,40)35-27-14-13-26(33)30(29(27)32)38-21-28(34-36-38)23-12-11-22(7-2)19-25(20-23)37-16-9-8-10-24(15-17-37)31(3,4)5/h13-14,19-20,24,35H,6-12,15-18,21H2,1-5H3/b28-23+. The van der Waals surface area contributed by atoms with Gasteiger partial charge in [0.1, 0.15) is 11.5 Å². The van der Waals surface area contributed by atoms with Gasteiger partial charge in [0.2, 0.25) is 10.0 Å². The fourth-order valence-corrected chi connectivity index (χ4v) is 7.39. The first kappa shape index (κ1) is 31.5. The number of allylic oxidation sites excluding steroid dienone is 4. The van der Waals surface area contributed by atoms with Crippen molar-refractivity contribution in [2.75, 3.05) is 35.1 Å². The Bertz CT molecular complexity index is 1350. The zero-order valence-electron chi connectivity index (χ0n) is 25.1. The number of likely N-dealkylation sites (tertiary alicyclic amines) is 1. The topological polar surface area (TPSA) is 77.4 Å². The van der Waals surface area contributed by atoms with Gasteiger partial charge in [0, 0.05) is 18.8 Å². The first-order valence-corrected chi connectivity index (χ1v) is 17.0. The van der Waals surface area contributed by atoms with Gasteiger partial charge < -0.3 is 4.90 Å². The fraction of sp³-hybridized carbons (Fsp3) is 0.613. The zero-order valence-corrected chi connectivity index (χ0v) is 26.7. The first-order chi connectivity index (χ1) is 19.4. The van der Waals surface area contributed by atoms with Crippen molar-refractivity contribution >= 4 is 33.0 Å². The van der Waals surface area contributed by atoms with E-state index < -0.39 is 15.8 Å². The maximum atomic E-state index is 15.0. The lowest BCUT2D eigenvalue weighted by Crippen LogP contribution is -2.32. The highest BCUT2D eigenvalue weighted by Gasteiger charge is 2.28. The molecule has 1 saturated heterocycles. The minimum atomic E-state index is -3.59. The summed E-state index contributed by atoms with van der Waals surface area (Å²) in [6.45, 7) is 13.4. The Morgan fingerprint density at radius 3 is 2.59 bits per heavy atom. The largest absolute Gasteiger partial charge is 0.372 e. The molecule has 2 heterocycles. The Morgan fingerprint density at radius 2 is 1.88 bits per heavy atom. The summed E-state index contributed by atoms with van der Waals surface area (Å²) < 4.78 is 42.2. The molecule has 1 fully saturated rings. The third kappa shape index (κ3) is 7.92. The zero-order chi connectivity index (χ0) is 29.8. The second kappa shape index (κ2) is 13.3. The summed E-state index contributed by atoms with van der Waals surface area (Å²) in [5.41, 5.74) is 4.96. The van der Waals surface area contributed by atoms with E-state index >= 15 is 4.39 Å². The van der Waals surface area contributed by atoms with Gasteiger partial charge in [0.15, 0.2) is 0 Å². The molecule has 0 saturated carbocycles. The van der Waals surface area contributed by atoms with Crippen molar-refractivity contribution in [3.05, 3.63) is 57.7 Å².